The SMILES string of the molecule is CC(=O)Nc1ccc(C(=O)NC(C)C(=O)n2cccc2)cc1Cl. The molecule has 6 nitrogen and oxygen atoms in total. The number of anilines is 1. The molecule has 0 saturated carbocycles. The average molecular weight is 334 g/mol. The molecule has 2 amide bonds. The molecular formula is C16H16ClN3O3. The van der Waals surface area contributed by atoms with Crippen molar-refractivity contribution in [1.82, 2.24) is 9.88 Å². The maximum absolute atomic E-state index is 12.2. The molecule has 120 valence electrons. The molecule has 0 aliphatic carbocycles. The van der Waals surface area contributed by atoms with Gasteiger partial charge >= 0.3 is 0 Å². The van der Waals surface area contributed by atoms with Crippen LogP contribution in [0.2, 0.25) is 5.02 Å². The summed E-state index contributed by atoms with van der Waals surface area (Å²) in [6.07, 6.45) is 3.23. The second-order valence-corrected chi connectivity index (χ2v) is 5.41. The molecule has 2 aromatic rings. The lowest BCUT2D eigenvalue weighted by atomic mass is 10.1. The zero-order chi connectivity index (χ0) is 17.0. The number of nitrogens with zero attached hydrogens (tertiary/aromatic N) is 1. The van der Waals surface area contributed by atoms with Crippen molar-refractivity contribution >= 4 is 35.0 Å². The summed E-state index contributed by atoms with van der Waals surface area (Å²) < 4.78 is 1.40. The van der Waals surface area contributed by atoms with Gasteiger partial charge in [0.2, 0.25) is 5.91 Å². The van der Waals surface area contributed by atoms with E-state index in [0.29, 0.717) is 11.3 Å². The Balaban J connectivity index is 2.07. The van der Waals surface area contributed by atoms with E-state index in [9.17, 15) is 14.4 Å². The van der Waals surface area contributed by atoms with Crippen molar-refractivity contribution < 1.29 is 14.4 Å². The van der Waals surface area contributed by atoms with Gasteiger partial charge in [-0.25, -0.2) is 0 Å². The second-order valence-electron chi connectivity index (χ2n) is 5.00. The Morgan fingerprint density at radius 1 is 1.17 bits per heavy atom. The van der Waals surface area contributed by atoms with Crippen molar-refractivity contribution in [3.05, 3.63) is 53.3 Å². The first-order chi connectivity index (χ1) is 10.9. The van der Waals surface area contributed by atoms with Gasteiger partial charge in [0, 0.05) is 24.9 Å². The minimum absolute atomic E-state index is 0.246. The number of aromatic nitrogens is 1. The highest BCUT2D eigenvalue weighted by molar-refractivity contribution is 6.34. The molecule has 0 fully saturated rings. The minimum atomic E-state index is -0.691. The number of nitrogens with one attached hydrogen (secondary N) is 2. The summed E-state index contributed by atoms with van der Waals surface area (Å²) in [5, 5.41) is 5.42. The predicted octanol–water partition coefficient (Wildman–Crippen LogP) is 2.56. The third-order valence-electron chi connectivity index (χ3n) is 3.12. The Hall–Kier alpha value is -2.60. The van der Waals surface area contributed by atoms with Crippen LogP contribution in [0.3, 0.4) is 0 Å². The molecule has 0 bridgehead atoms. The Kier molecular flexibility index (Phi) is 5.18. The van der Waals surface area contributed by atoms with Gasteiger partial charge < -0.3 is 10.6 Å². The molecule has 1 aromatic carbocycles. The Morgan fingerprint density at radius 3 is 2.39 bits per heavy atom. The number of hydrogen-bond acceptors (Lipinski definition) is 3. The lowest BCUT2D eigenvalue weighted by Gasteiger charge is -2.14. The molecule has 0 spiro atoms. The largest absolute Gasteiger partial charge is 0.340 e. The molecule has 0 saturated heterocycles. The van der Waals surface area contributed by atoms with Crippen molar-refractivity contribution in [3.63, 3.8) is 0 Å². The highest BCUT2D eigenvalue weighted by Crippen LogP contribution is 2.23. The first kappa shape index (κ1) is 16.8. The maximum atomic E-state index is 12.2. The third kappa shape index (κ3) is 4.20. The molecule has 2 N–H and O–H groups in total. The normalized spacial score (nSPS) is 11.6. The van der Waals surface area contributed by atoms with Crippen LogP contribution in [0.15, 0.2) is 42.7 Å². The molecule has 23 heavy (non-hydrogen) atoms. The molecule has 0 aliphatic rings. The fourth-order valence-electron chi connectivity index (χ4n) is 1.99. The molecule has 7 heteroatoms. The molecule has 1 aromatic heterocycles. The lowest BCUT2D eigenvalue weighted by Crippen LogP contribution is -2.40. The zero-order valence-corrected chi connectivity index (χ0v) is 13.4. The molecule has 0 radical (unpaired) electrons. The van der Waals surface area contributed by atoms with E-state index in [-0.39, 0.29) is 16.8 Å². The maximum Gasteiger partial charge on any atom is 0.252 e. The number of halogens is 1. The zero-order valence-electron chi connectivity index (χ0n) is 12.7. The Labute approximate surface area is 138 Å². The van der Waals surface area contributed by atoms with Crippen molar-refractivity contribution in [2.24, 2.45) is 0 Å². The lowest BCUT2D eigenvalue weighted by molar-refractivity contribution is -0.114. The van der Waals surface area contributed by atoms with Crippen LogP contribution in [0, 0.1) is 0 Å². The molecule has 0 aliphatic heterocycles. The number of amides is 2. The first-order valence-electron chi connectivity index (χ1n) is 6.93. The van der Waals surface area contributed by atoms with Crippen LogP contribution < -0.4 is 10.6 Å². The van der Waals surface area contributed by atoms with Gasteiger partial charge in [-0.05, 0) is 37.3 Å². The van der Waals surface area contributed by atoms with E-state index < -0.39 is 11.9 Å². The van der Waals surface area contributed by atoms with Crippen LogP contribution in [-0.2, 0) is 4.79 Å². The molecule has 1 heterocycles. The van der Waals surface area contributed by atoms with Crippen molar-refractivity contribution in [3.8, 4) is 0 Å². The summed E-state index contributed by atoms with van der Waals surface area (Å²) in [6, 6.07) is 7.27. The minimum Gasteiger partial charge on any atom is -0.340 e. The summed E-state index contributed by atoms with van der Waals surface area (Å²) in [7, 11) is 0. The number of carbonyl (C=O) groups excluding carboxylic acids is 3. The summed E-state index contributed by atoms with van der Waals surface area (Å²) in [5.74, 6) is -0.923. The first-order valence-corrected chi connectivity index (χ1v) is 7.31. The van der Waals surface area contributed by atoms with Gasteiger partial charge in [0.15, 0.2) is 0 Å². The van der Waals surface area contributed by atoms with E-state index in [1.54, 1.807) is 31.5 Å². The van der Waals surface area contributed by atoms with Crippen LogP contribution in [0.4, 0.5) is 5.69 Å². The highest BCUT2D eigenvalue weighted by atomic mass is 35.5. The van der Waals surface area contributed by atoms with Crippen LogP contribution >= 0.6 is 11.6 Å². The Bertz CT molecular complexity index is 741. The third-order valence-corrected chi connectivity index (χ3v) is 3.43. The quantitative estimate of drug-likeness (QED) is 0.902. The van der Waals surface area contributed by atoms with Crippen LogP contribution in [-0.4, -0.2) is 28.3 Å². The summed E-state index contributed by atoms with van der Waals surface area (Å²) in [5.41, 5.74) is 0.725. The fraction of sp³-hybridized carbons (Fsp3) is 0.188. The monoisotopic (exact) mass is 333 g/mol. The van der Waals surface area contributed by atoms with E-state index in [1.165, 1.54) is 29.7 Å². The van der Waals surface area contributed by atoms with Gasteiger partial charge in [-0.2, -0.15) is 0 Å². The van der Waals surface area contributed by atoms with Gasteiger partial charge in [-0.1, -0.05) is 11.6 Å². The van der Waals surface area contributed by atoms with E-state index in [4.69, 9.17) is 11.6 Å². The van der Waals surface area contributed by atoms with Gasteiger partial charge in [0.25, 0.3) is 11.8 Å². The van der Waals surface area contributed by atoms with Crippen molar-refractivity contribution in [1.29, 1.82) is 0 Å². The molecular weight excluding hydrogens is 318 g/mol. The predicted molar refractivity (Wildman–Crippen MR) is 87.7 cm³/mol. The van der Waals surface area contributed by atoms with Gasteiger partial charge in [-0.15, -0.1) is 0 Å². The van der Waals surface area contributed by atoms with Crippen LogP contribution in [0.1, 0.15) is 29.0 Å². The van der Waals surface area contributed by atoms with Gasteiger partial charge in [0.1, 0.15) is 6.04 Å². The standard InChI is InChI=1S/C16H16ClN3O3/c1-10(16(23)20-7-3-4-8-20)18-15(22)12-5-6-14(13(17)9-12)19-11(2)21/h3-10H,1-2H3,(H,18,22)(H,19,21). The van der Waals surface area contributed by atoms with Crippen molar-refractivity contribution in [2.45, 2.75) is 19.9 Å². The number of rotatable bonds is 4. The van der Waals surface area contributed by atoms with E-state index >= 15 is 0 Å². The van der Waals surface area contributed by atoms with Gasteiger partial charge in [-0.3, -0.25) is 19.0 Å². The van der Waals surface area contributed by atoms with E-state index in [1.807, 2.05) is 0 Å². The van der Waals surface area contributed by atoms with Crippen LogP contribution in [0.5, 0.6) is 0 Å². The molecule has 2 rings (SSSR count). The topological polar surface area (TPSA) is 80.2 Å². The Morgan fingerprint density at radius 2 is 1.83 bits per heavy atom. The summed E-state index contributed by atoms with van der Waals surface area (Å²) in [6.45, 7) is 2.97. The molecule has 1 atom stereocenters. The molecule has 1 unspecified atom stereocenters. The van der Waals surface area contributed by atoms with E-state index in [2.05, 4.69) is 10.6 Å². The van der Waals surface area contributed by atoms with Gasteiger partial charge in [0.05, 0.1) is 10.7 Å². The summed E-state index contributed by atoms with van der Waals surface area (Å²) >= 11 is 6.03. The summed E-state index contributed by atoms with van der Waals surface area (Å²) in [4.78, 5) is 35.3. The van der Waals surface area contributed by atoms with Crippen molar-refractivity contribution in [2.75, 3.05) is 5.32 Å². The fourth-order valence-corrected chi connectivity index (χ4v) is 2.22. The smallest absolute Gasteiger partial charge is 0.252 e. The highest BCUT2D eigenvalue weighted by Gasteiger charge is 2.18. The average Bonchev–Trinajstić information content (AvgIpc) is 3.02. The number of carbonyl (C=O) groups is 3. The van der Waals surface area contributed by atoms with E-state index in [0.717, 1.165) is 0 Å². The van der Waals surface area contributed by atoms with Crippen LogP contribution in [0.25, 0.3) is 0 Å². The number of hydrogen-bond donors (Lipinski definition) is 2. The number of benzene rings is 1. The second kappa shape index (κ2) is 7.11.